The van der Waals surface area contributed by atoms with Crippen molar-refractivity contribution in [2.75, 3.05) is 5.73 Å². The van der Waals surface area contributed by atoms with Gasteiger partial charge in [-0.25, -0.2) is 18.2 Å². The van der Waals surface area contributed by atoms with E-state index in [2.05, 4.69) is 4.98 Å². The number of nitrogens with zero attached hydrogens (tertiary/aromatic N) is 1. The molecular formula is C7H8F3N3. The molecule has 0 radical (unpaired) electrons. The van der Waals surface area contributed by atoms with Gasteiger partial charge in [-0.2, -0.15) is 0 Å². The number of hydrogen-bond acceptors (Lipinski definition) is 3. The van der Waals surface area contributed by atoms with E-state index < -0.39 is 23.6 Å². The van der Waals surface area contributed by atoms with Gasteiger partial charge in [0.2, 0.25) is 0 Å². The summed E-state index contributed by atoms with van der Waals surface area (Å²) in [7, 11) is 0. The molecule has 0 aromatic carbocycles. The number of pyridine rings is 1. The van der Waals surface area contributed by atoms with Crippen LogP contribution < -0.4 is 11.5 Å². The number of hydrogen-bond donors (Lipinski definition) is 2. The third-order valence-corrected chi connectivity index (χ3v) is 1.51. The molecule has 0 unspecified atom stereocenters. The minimum absolute atomic E-state index is 0.0574. The molecule has 0 atom stereocenters. The SMILES string of the molecule is NCc1cc(F)c(N)c(C(F)F)n1. The summed E-state index contributed by atoms with van der Waals surface area (Å²) in [5.41, 5.74) is 8.86. The molecule has 0 saturated carbocycles. The first kappa shape index (κ1) is 9.79. The van der Waals surface area contributed by atoms with Crippen molar-refractivity contribution in [1.82, 2.24) is 4.98 Å². The number of anilines is 1. The highest BCUT2D eigenvalue weighted by atomic mass is 19.3. The van der Waals surface area contributed by atoms with Gasteiger partial charge >= 0.3 is 0 Å². The average molecular weight is 191 g/mol. The molecule has 6 heteroatoms. The summed E-state index contributed by atoms with van der Waals surface area (Å²) in [6.45, 7) is -0.100. The van der Waals surface area contributed by atoms with Crippen molar-refractivity contribution in [3.8, 4) is 0 Å². The highest BCUT2D eigenvalue weighted by molar-refractivity contribution is 5.45. The topological polar surface area (TPSA) is 64.9 Å². The lowest BCUT2D eigenvalue weighted by atomic mass is 10.2. The van der Waals surface area contributed by atoms with Gasteiger partial charge in [-0.3, -0.25) is 0 Å². The van der Waals surface area contributed by atoms with Crippen LogP contribution in [0.2, 0.25) is 0 Å². The van der Waals surface area contributed by atoms with Crippen LogP contribution in [-0.2, 0) is 6.54 Å². The second-order valence-corrected chi connectivity index (χ2v) is 2.40. The number of nitrogen functional groups attached to an aromatic ring is 1. The lowest BCUT2D eigenvalue weighted by Gasteiger charge is -2.06. The number of aromatic nitrogens is 1. The monoisotopic (exact) mass is 191 g/mol. The molecule has 1 heterocycles. The van der Waals surface area contributed by atoms with Crippen LogP contribution in [0, 0.1) is 5.82 Å². The Labute approximate surface area is 72.6 Å². The summed E-state index contributed by atoms with van der Waals surface area (Å²) in [6, 6.07) is 0.946. The van der Waals surface area contributed by atoms with Crippen molar-refractivity contribution in [3.05, 3.63) is 23.3 Å². The van der Waals surface area contributed by atoms with E-state index in [4.69, 9.17) is 11.5 Å². The molecule has 72 valence electrons. The Balaban J connectivity index is 3.25. The van der Waals surface area contributed by atoms with Gasteiger partial charge in [0.05, 0.1) is 11.4 Å². The third kappa shape index (κ3) is 1.89. The maximum Gasteiger partial charge on any atom is 0.282 e. The highest BCUT2D eigenvalue weighted by Crippen LogP contribution is 2.25. The Bertz CT molecular complexity index is 314. The van der Waals surface area contributed by atoms with E-state index in [-0.39, 0.29) is 12.2 Å². The smallest absolute Gasteiger partial charge is 0.282 e. The first-order valence-corrected chi connectivity index (χ1v) is 3.49. The molecule has 1 aromatic heterocycles. The van der Waals surface area contributed by atoms with Crippen LogP contribution in [0.5, 0.6) is 0 Å². The zero-order valence-electron chi connectivity index (χ0n) is 6.60. The van der Waals surface area contributed by atoms with Crippen LogP contribution in [0.3, 0.4) is 0 Å². The number of nitrogens with two attached hydrogens (primary N) is 2. The Morgan fingerprint density at radius 3 is 2.54 bits per heavy atom. The highest BCUT2D eigenvalue weighted by Gasteiger charge is 2.17. The molecule has 0 bridgehead atoms. The predicted octanol–water partition coefficient (Wildman–Crippen LogP) is 1.20. The Hall–Kier alpha value is -1.30. The minimum atomic E-state index is -2.89. The minimum Gasteiger partial charge on any atom is -0.395 e. The van der Waals surface area contributed by atoms with Crippen LogP contribution in [0.15, 0.2) is 6.07 Å². The van der Waals surface area contributed by atoms with Crippen molar-refractivity contribution in [1.29, 1.82) is 0 Å². The number of halogens is 3. The van der Waals surface area contributed by atoms with E-state index in [1.165, 1.54) is 0 Å². The van der Waals surface area contributed by atoms with E-state index in [0.29, 0.717) is 0 Å². The van der Waals surface area contributed by atoms with Crippen LogP contribution in [0.25, 0.3) is 0 Å². The number of alkyl halides is 2. The second-order valence-electron chi connectivity index (χ2n) is 2.40. The van der Waals surface area contributed by atoms with Crippen LogP contribution in [0.1, 0.15) is 17.8 Å². The second kappa shape index (κ2) is 3.61. The molecule has 1 rings (SSSR count). The molecule has 0 aliphatic rings. The van der Waals surface area contributed by atoms with E-state index in [0.717, 1.165) is 6.07 Å². The molecule has 4 N–H and O–H groups in total. The summed E-state index contributed by atoms with van der Waals surface area (Å²) in [4.78, 5) is 3.41. The van der Waals surface area contributed by atoms with Crippen LogP contribution in [0.4, 0.5) is 18.9 Å². The summed E-state index contributed by atoms with van der Waals surface area (Å²) >= 11 is 0. The molecule has 0 spiro atoms. The fourth-order valence-corrected chi connectivity index (χ4v) is 0.865. The molecule has 0 saturated heterocycles. The van der Waals surface area contributed by atoms with Gasteiger partial charge in [-0.05, 0) is 6.07 Å². The summed E-state index contributed by atoms with van der Waals surface area (Å²) < 4.78 is 37.2. The van der Waals surface area contributed by atoms with Gasteiger partial charge < -0.3 is 11.5 Å². The summed E-state index contributed by atoms with van der Waals surface area (Å²) in [6.07, 6.45) is -2.89. The van der Waals surface area contributed by atoms with Gasteiger partial charge in [-0.1, -0.05) is 0 Å². The van der Waals surface area contributed by atoms with E-state index >= 15 is 0 Å². The van der Waals surface area contributed by atoms with Crippen molar-refractivity contribution in [3.63, 3.8) is 0 Å². The van der Waals surface area contributed by atoms with Crippen LogP contribution >= 0.6 is 0 Å². The van der Waals surface area contributed by atoms with Crippen molar-refractivity contribution >= 4 is 5.69 Å². The molecule has 0 fully saturated rings. The van der Waals surface area contributed by atoms with Crippen LogP contribution in [-0.4, -0.2) is 4.98 Å². The van der Waals surface area contributed by atoms with Gasteiger partial charge in [0.15, 0.2) is 0 Å². The van der Waals surface area contributed by atoms with Gasteiger partial charge in [0, 0.05) is 6.54 Å². The lowest BCUT2D eigenvalue weighted by Crippen LogP contribution is -2.08. The largest absolute Gasteiger partial charge is 0.395 e. The normalized spacial score (nSPS) is 10.8. The lowest BCUT2D eigenvalue weighted by molar-refractivity contribution is 0.146. The fourth-order valence-electron chi connectivity index (χ4n) is 0.865. The maximum absolute atomic E-state index is 12.8. The molecule has 0 amide bonds. The molecule has 3 nitrogen and oxygen atoms in total. The Morgan fingerprint density at radius 1 is 1.46 bits per heavy atom. The standard InChI is InChI=1S/C7H8F3N3/c8-4-1-3(2-11)13-6(5(4)12)7(9)10/h1,7H,2,11-12H2. The average Bonchev–Trinajstić information content (AvgIpc) is 2.09. The molecule has 13 heavy (non-hydrogen) atoms. The van der Waals surface area contributed by atoms with Gasteiger partial charge in [-0.15, -0.1) is 0 Å². The van der Waals surface area contributed by atoms with E-state index in [1.807, 2.05) is 0 Å². The fraction of sp³-hybridized carbons (Fsp3) is 0.286. The van der Waals surface area contributed by atoms with Crippen molar-refractivity contribution < 1.29 is 13.2 Å². The van der Waals surface area contributed by atoms with E-state index in [1.54, 1.807) is 0 Å². The van der Waals surface area contributed by atoms with Crippen molar-refractivity contribution in [2.45, 2.75) is 13.0 Å². The van der Waals surface area contributed by atoms with E-state index in [9.17, 15) is 13.2 Å². The molecule has 0 aliphatic heterocycles. The zero-order chi connectivity index (χ0) is 10.0. The Morgan fingerprint density at radius 2 is 2.08 bits per heavy atom. The van der Waals surface area contributed by atoms with Gasteiger partial charge in [0.25, 0.3) is 6.43 Å². The van der Waals surface area contributed by atoms with Gasteiger partial charge in [0.1, 0.15) is 11.5 Å². The quantitative estimate of drug-likeness (QED) is 0.738. The third-order valence-electron chi connectivity index (χ3n) is 1.51. The predicted molar refractivity (Wildman–Crippen MR) is 41.5 cm³/mol. The first-order valence-electron chi connectivity index (χ1n) is 3.49. The maximum atomic E-state index is 12.8. The van der Waals surface area contributed by atoms with Crippen molar-refractivity contribution in [2.24, 2.45) is 5.73 Å². The molecule has 1 aromatic rings. The first-order chi connectivity index (χ1) is 6.06. The Kier molecular flexibility index (Phi) is 2.72. The number of rotatable bonds is 2. The molecule has 0 aliphatic carbocycles. The molecular weight excluding hydrogens is 183 g/mol. The summed E-state index contributed by atoms with van der Waals surface area (Å²) in [5.74, 6) is -0.911. The zero-order valence-corrected chi connectivity index (χ0v) is 6.60. The summed E-state index contributed by atoms with van der Waals surface area (Å²) in [5, 5.41) is 0.